The van der Waals surface area contributed by atoms with Gasteiger partial charge in [0.25, 0.3) is 6.47 Å². The summed E-state index contributed by atoms with van der Waals surface area (Å²) in [5.41, 5.74) is 1.42. The number of aryl methyl sites for hydroxylation is 2. The highest BCUT2D eigenvalue weighted by atomic mass is 16.5. The molecule has 1 aromatic rings. The Hall–Kier alpha value is -2.04. The molecule has 5 heteroatoms. The van der Waals surface area contributed by atoms with Crippen LogP contribution in [0.15, 0.2) is 18.2 Å². The fraction of sp³-hybridized carbons (Fsp3) is 0.667. The van der Waals surface area contributed by atoms with Crippen molar-refractivity contribution in [3.05, 3.63) is 29.3 Å². The van der Waals surface area contributed by atoms with Crippen molar-refractivity contribution in [1.82, 2.24) is 0 Å². The second-order valence-electron chi connectivity index (χ2n) is 9.17. The van der Waals surface area contributed by atoms with Crippen LogP contribution < -0.4 is 0 Å². The zero-order chi connectivity index (χ0) is 21.3. The van der Waals surface area contributed by atoms with Gasteiger partial charge in [0.1, 0.15) is 11.4 Å². The van der Waals surface area contributed by atoms with Gasteiger partial charge in [0.15, 0.2) is 0 Å². The number of unbranched alkanes of at least 4 members (excludes halogenated alkanes) is 4. The molecule has 0 amide bonds. The monoisotopic (exact) mass is 404 g/mol. The van der Waals surface area contributed by atoms with Crippen LogP contribution in [0.25, 0.3) is 0 Å². The van der Waals surface area contributed by atoms with Crippen LogP contribution in [0.4, 0.5) is 0 Å². The number of hydrogen-bond donors (Lipinski definition) is 2. The first-order valence-electron chi connectivity index (χ1n) is 10.9. The average molecular weight is 405 g/mol. The topological polar surface area (TPSA) is 83.8 Å². The van der Waals surface area contributed by atoms with E-state index < -0.39 is 11.4 Å². The Balaban J connectivity index is 1.66. The number of phenolic OH excluding ortho intramolecular Hbond substituents is 1. The SMILES string of the molecule is CC(C)(CCCCCc1ccc(O)c(CCCCCC2(OC=O)CC2)c1)C(=O)O. The number of carboxylic acid groups (broad SMARTS) is 1. The largest absolute Gasteiger partial charge is 0.508 e. The molecule has 0 radical (unpaired) electrons. The fourth-order valence-corrected chi connectivity index (χ4v) is 3.78. The van der Waals surface area contributed by atoms with E-state index in [1.807, 2.05) is 6.07 Å². The summed E-state index contributed by atoms with van der Waals surface area (Å²) in [7, 11) is 0. The predicted molar refractivity (Wildman–Crippen MR) is 113 cm³/mol. The number of aliphatic carboxylic acids is 1. The molecule has 0 bridgehead atoms. The van der Waals surface area contributed by atoms with Crippen molar-refractivity contribution in [2.45, 2.75) is 96.5 Å². The van der Waals surface area contributed by atoms with Gasteiger partial charge in [-0.3, -0.25) is 9.59 Å². The first kappa shape index (κ1) is 23.2. The molecule has 0 atom stereocenters. The smallest absolute Gasteiger partial charge is 0.309 e. The van der Waals surface area contributed by atoms with Gasteiger partial charge >= 0.3 is 5.97 Å². The molecule has 1 fully saturated rings. The maximum Gasteiger partial charge on any atom is 0.309 e. The summed E-state index contributed by atoms with van der Waals surface area (Å²) in [6, 6.07) is 5.87. The lowest BCUT2D eigenvalue weighted by Crippen LogP contribution is -2.23. The number of benzene rings is 1. The van der Waals surface area contributed by atoms with E-state index in [0.29, 0.717) is 18.6 Å². The van der Waals surface area contributed by atoms with Gasteiger partial charge in [-0.05, 0) is 88.8 Å². The van der Waals surface area contributed by atoms with Crippen LogP contribution in [0.1, 0.15) is 89.2 Å². The van der Waals surface area contributed by atoms with Crippen molar-refractivity contribution in [3.63, 3.8) is 0 Å². The summed E-state index contributed by atoms with van der Waals surface area (Å²) in [5.74, 6) is -0.371. The molecule has 1 aliphatic carbocycles. The summed E-state index contributed by atoms with van der Waals surface area (Å²) in [6.07, 6.45) is 11.5. The molecule has 0 heterocycles. The molecule has 2 N–H and O–H groups in total. The van der Waals surface area contributed by atoms with E-state index in [-0.39, 0.29) is 5.60 Å². The quantitative estimate of drug-likeness (QED) is 0.301. The Morgan fingerprint density at radius 1 is 1.10 bits per heavy atom. The van der Waals surface area contributed by atoms with E-state index in [9.17, 15) is 14.7 Å². The van der Waals surface area contributed by atoms with E-state index in [1.54, 1.807) is 19.9 Å². The van der Waals surface area contributed by atoms with Crippen LogP contribution in [0, 0.1) is 5.41 Å². The summed E-state index contributed by atoms with van der Waals surface area (Å²) >= 11 is 0. The third kappa shape index (κ3) is 7.71. The molecular formula is C24H36O5. The highest BCUT2D eigenvalue weighted by Crippen LogP contribution is 2.43. The van der Waals surface area contributed by atoms with Crippen molar-refractivity contribution in [1.29, 1.82) is 0 Å². The van der Waals surface area contributed by atoms with E-state index in [2.05, 4.69) is 6.07 Å². The van der Waals surface area contributed by atoms with Crippen LogP contribution in [-0.2, 0) is 27.2 Å². The van der Waals surface area contributed by atoms with Gasteiger partial charge in [-0.1, -0.05) is 31.4 Å². The van der Waals surface area contributed by atoms with Crippen LogP contribution in [0.5, 0.6) is 5.75 Å². The highest BCUT2D eigenvalue weighted by Gasteiger charge is 2.44. The van der Waals surface area contributed by atoms with Crippen LogP contribution in [0.3, 0.4) is 0 Å². The minimum atomic E-state index is -0.732. The zero-order valence-electron chi connectivity index (χ0n) is 17.9. The van der Waals surface area contributed by atoms with Gasteiger partial charge < -0.3 is 14.9 Å². The number of carbonyl (C=O) groups is 2. The lowest BCUT2D eigenvalue weighted by molar-refractivity contribution is -0.147. The second kappa shape index (κ2) is 10.7. The van der Waals surface area contributed by atoms with Gasteiger partial charge in [-0.25, -0.2) is 0 Å². The molecule has 29 heavy (non-hydrogen) atoms. The first-order valence-corrected chi connectivity index (χ1v) is 10.9. The Kier molecular flexibility index (Phi) is 8.54. The number of hydrogen-bond acceptors (Lipinski definition) is 4. The third-order valence-corrected chi connectivity index (χ3v) is 6.17. The van der Waals surface area contributed by atoms with Crippen molar-refractivity contribution >= 4 is 12.4 Å². The molecule has 2 rings (SSSR count). The Bertz CT molecular complexity index is 676. The van der Waals surface area contributed by atoms with E-state index >= 15 is 0 Å². The Morgan fingerprint density at radius 2 is 1.79 bits per heavy atom. The second-order valence-corrected chi connectivity index (χ2v) is 9.17. The third-order valence-electron chi connectivity index (χ3n) is 6.17. The normalized spacial score (nSPS) is 15.1. The summed E-state index contributed by atoms with van der Waals surface area (Å²) < 4.78 is 5.18. The number of rotatable bonds is 15. The van der Waals surface area contributed by atoms with E-state index in [4.69, 9.17) is 9.84 Å². The number of carboxylic acids is 1. The van der Waals surface area contributed by atoms with Crippen molar-refractivity contribution in [3.8, 4) is 5.75 Å². The van der Waals surface area contributed by atoms with Gasteiger partial charge in [0.05, 0.1) is 5.41 Å². The minimum absolute atomic E-state index is 0.163. The van der Waals surface area contributed by atoms with E-state index in [0.717, 1.165) is 76.2 Å². The molecule has 0 unspecified atom stereocenters. The van der Waals surface area contributed by atoms with Gasteiger partial charge in [-0.15, -0.1) is 0 Å². The first-order chi connectivity index (χ1) is 13.8. The van der Waals surface area contributed by atoms with Gasteiger partial charge in [0.2, 0.25) is 0 Å². The van der Waals surface area contributed by atoms with Crippen LogP contribution in [-0.4, -0.2) is 28.3 Å². The fourth-order valence-electron chi connectivity index (χ4n) is 3.78. The molecule has 1 saturated carbocycles. The Morgan fingerprint density at radius 3 is 2.45 bits per heavy atom. The molecule has 1 aromatic carbocycles. The maximum absolute atomic E-state index is 11.1. The molecule has 0 aromatic heterocycles. The summed E-state index contributed by atoms with van der Waals surface area (Å²) in [4.78, 5) is 21.7. The Labute approximate surface area is 174 Å². The van der Waals surface area contributed by atoms with E-state index in [1.165, 1.54) is 5.56 Å². The van der Waals surface area contributed by atoms with Crippen molar-refractivity contribution < 1.29 is 24.5 Å². The van der Waals surface area contributed by atoms with Gasteiger partial charge in [-0.2, -0.15) is 0 Å². The molecule has 1 aliphatic rings. The molecule has 162 valence electrons. The van der Waals surface area contributed by atoms with Gasteiger partial charge in [0, 0.05) is 0 Å². The van der Waals surface area contributed by atoms with Crippen LogP contribution in [0.2, 0.25) is 0 Å². The lowest BCUT2D eigenvalue weighted by atomic mass is 9.87. The highest BCUT2D eigenvalue weighted by molar-refractivity contribution is 5.73. The summed E-state index contributed by atoms with van der Waals surface area (Å²) in [5, 5.41) is 19.3. The maximum atomic E-state index is 11.1. The lowest BCUT2D eigenvalue weighted by Gasteiger charge is -2.18. The number of ether oxygens (including phenoxy) is 1. The van der Waals surface area contributed by atoms with Crippen molar-refractivity contribution in [2.24, 2.45) is 5.41 Å². The number of carbonyl (C=O) groups excluding carboxylic acids is 1. The zero-order valence-corrected chi connectivity index (χ0v) is 17.9. The standard InChI is InChI=1S/C24H36O5/c1-23(2,22(27)28)13-7-3-5-9-19-11-12-21(26)20(17-19)10-6-4-8-14-24(15-16-24)29-18-25/h11-12,17-18,26H,3-10,13-16H2,1-2H3,(H,27,28). The number of phenols is 1. The molecular weight excluding hydrogens is 368 g/mol. The minimum Gasteiger partial charge on any atom is -0.508 e. The number of aromatic hydroxyl groups is 1. The summed E-state index contributed by atoms with van der Waals surface area (Å²) in [6.45, 7) is 4.13. The molecule has 0 aliphatic heterocycles. The molecule has 0 spiro atoms. The average Bonchev–Trinajstić information content (AvgIpc) is 3.43. The predicted octanol–water partition coefficient (Wildman–Crippen LogP) is 5.41. The van der Waals surface area contributed by atoms with Crippen molar-refractivity contribution in [2.75, 3.05) is 0 Å². The molecule has 0 saturated heterocycles. The molecule has 5 nitrogen and oxygen atoms in total. The van der Waals surface area contributed by atoms with Crippen LogP contribution >= 0.6 is 0 Å².